The van der Waals surface area contributed by atoms with Gasteiger partial charge in [0.1, 0.15) is 5.69 Å². The molecule has 9 nitrogen and oxygen atoms in total. The lowest BCUT2D eigenvalue weighted by Gasteiger charge is -2.10. The van der Waals surface area contributed by atoms with Gasteiger partial charge in [0.15, 0.2) is 11.4 Å². The summed E-state index contributed by atoms with van der Waals surface area (Å²) in [6.07, 6.45) is 0. The predicted molar refractivity (Wildman–Crippen MR) is 105 cm³/mol. The fraction of sp³-hybridized carbons (Fsp3) is 0. The van der Waals surface area contributed by atoms with Gasteiger partial charge in [-0.3, -0.25) is 19.7 Å². The number of carbonyl (C=O) groups excluding carboxylic acids is 1. The third kappa shape index (κ3) is 4.02. The molecule has 3 aromatic rings. The lowest BCUT2D eigenvalue weighted by atomic mass is 10.2. The Morgan fingerprint density at radius 2 is 1.89 bits per heavy atom. The summed E-state index contributed by atoms with van der Waals surface area (Å²) in [6.45, 7) is 0. The van der Waals surface area contributed by atoms with Crippen LogP contribution in [0.1, 0.15) is 10.5 Å². The van der Waals surface area contributed by atoms with Crippen molar-refractivity contribution in [2.75, 3.05) is 5.32 Å². The summed E-state index contributed by atoms with van der Waals surface area (Å²) in [4.78, 5) is 35.1. The number of nitrogens with zero attached hydrogens (tertiary/aromatic N) is 3. The maximum Gasteiger partial charge on any atom is 0.294 e. The molecule has 2 aromatic carbocycles. The van der Waals surface area contributed by atoms with E-state index < -0.39 is 33.5 Å². The maximum absolute atomic E-state index is 12.5. The Morgan fingerprint density at radius 1 is 1.21 bits per heavy atom. The van der Waals surface area contributed by atoms with Crippen LogP contribution in [0.4, 0.5) is 11.4 Å². The van der Waals surface area contributed by atoms with Crippen molar-refractivity contribution in [1.82, 2.24) is 9.78 Å². The molecule has 1 heterocycles. The van der Waals surface area contributed by atoms with E-state index in [4.69, 9.17) is 11.6 Å². The topological polar surface area (TPSA) is 127 Å². The van der Waals surface area contributed by atoms with Crippen LogP contribution in [0, 0.1) is 10.1 Å². The predicted octanol–water partition coefficient (Wildman–Crippen LogP) is 3.51. The largest absolute Gasteiger partial charge is 0.505 e. The van der Waals surface area contributed by atoms with Gasteiger partial charge in [-0.1, -0.05) is 27.5 Å². The van der Waals surface area contributed by atoms with Gasteiger partial charge in [-0.05, 0) is 36.4 Å². The van der Waals surface area contributed by atoms with E-state index in [-0.39, 0.29) is 10.7 Å². The molecule has 0 aliphatic rings. The molecule has 0 saturated heterocycles. The number of hydrogen-bond donors (Lipinski definition) is 2. The Kier molecular flexibility index (Phi) is 5.43. The van der Waals surface area contributed by atoms with Gasteiger partial charge in [0, 0.05) is 21.6 Å². The molecule has 0 aliphatic carbocycles. The van der Waals surface area contributed by atoms with E-state index in [1.165, 1.54) is 12.1 Å². The Labute approximate surface area is 170 Å². The zero-order valence-corrected chi connectivity index (χ0v) is 16.1. The number of halogens is 2. The molecule has 2 N–H and O–H groups in total. The molecular weight excluding hydrogens is 456 g/mol. The number of nitro benzene ring substituents is 1. The summed E-state index contributed by atoms with van der Waals surface area (Å²) in [5, 5.41) is 27.4. The molecule has 28 heavy (non-hydrogen) atoms. The zero-order valence-electron chi connectivity index (χ0n) is 13.8. The molecule has 0 saturated carbocycles. The van der Waals surface area contributed by atoms with Gasteiger partial charge in [-0.15, -0.1) is 0 Å². The van der Waals surface area contributed by atoms with Crippen molar-refractivity contribution in [2.45, 2.75) is 0 Å². The van der Waals surface area contributed by atoms with Crippen molar-refractivity contribution < 1.29 is 14.8 Å². The van der Waals surface area contributed by atoms with Crippen LogP contribution in [-0.4, -0.2) is 25.7 Å². The first-order chi connectivity index (χ1) is 13.3. The van der Waals surface area contributed by atoms with Crippen LogP contribution >= 0.6 is 27.5 Å². The average molecular weight is 466 g/mol. The Balaban J connectivity index is 2.01. The number of carbonyl (C=O) groups is 1. The van der Waals surface area contributed by atoms with Crippen LogP contribution in [0.3, 0.4) is 0 Å². The SMILES string of the molecule is O=C(Nc1ccc(Cl)cc1[N+](=O)[O-])c1nn(-c2ccc(Br)cc2)c(=O)cc1O. The summed E-state index contributed by atoms with van der Waals surface area (Å²) < 4.78 is 1.70. The highest BCUT2D eigenvalue weighted by Crippen LogP contribution is 2.28. The summed E-state index contributed by atoms with van der Waals surface area (Å²) >= 11 is 9.02. The first-order valence-corrected chi connectivity index (χ1v) is 8.78. The first-order valence-electron chi connectivity index (χ1n) is 7.61. The summed E-state index contributed by atoms with van der Waals surface area (Å²) in [5.41, 5.74) is -1.34. The van der Waals surface area contributed by atoms with Crippen LogP contribution in [0.5, 0.6) is 5.75 Å². The summed E-state index contributed by atoms with van der Waals surface area (Å²) in [6, 6.07) is 11.0. The standard InChI is InChI=1S/C17H10BrClN4O5/c18-9-1-4-11(5-2-9)22-15(25)8-14(24)16(21-22)17(26)20-12-6-3-10(19)7-13(12)23(27)28/h1-8,24H,(H,20,26). The smallest absolute Gasteiger partial charge is 0.294 e. The molecule has 3 rings (SSSR count). The second-order valence-corrected chi connectivity index (χ2v) is 6.83. The molecule has 11 heteroatoms. The molecule has 0 fully saturated rings. The van der Waals surface area contributed by atoms with Gasteiger partial charge < -0.3 is 10.4 Å². The van der Waals surface area contributed by atoms with Crippen molar-refractivity contribution >= 4 is 44.8 Å². The molecule has 0 bridgehead atoms. The number of anilines is 1. The number of aromatic nitrogens is 2. The van der Waals surface area contributed by atoms with E-state index in [1.807, 2.05) is 0 Å². The van der Waals surface area contributed by atoms with E-state index in [0.29, 0.717) is 5.69 Å². The van der Waals surface area contributed by atoms with Crippen LogP contribution < -0.4 is 10.9 Å². The van der Waals surface area contributed by atoms with Crippen LogP contribution in [0.2, 0.25) is 5.02 Å². The minimum atomic E-state index is -0.936. The van der Waals surface area contributed by atoms with Crippen molar-refractivity contribution in [3.8, 4) is 11.4 Å². The van der Waals surface area contributed by atoms with Crippen molar-refractivity contribution in [3.63, 3.8) is 0 Å². The lowest BCUT2D eigenvalue weighted by Crippen LogP contribution is -2.25. The van der Waals surface area contributed by atoms with Crippen LogP contribution in [-0.2, 0) is 0 Å². The highest BCUT2D eigenvalue weighted by Gasteiger charge is 2.21. The third-order valence-corrected chi connectivity index (χ3v) is 4.37. The maximum atomic E-state index is 12.5. The van der Waals surface area contributed by atoms with Crippen LogP contribution in [0.15, 0.2) is 57.8 Å². The highest BCUT2D eigenvalue weighted by molar-refractivity contribution is 9.10. The van der Waals surface area contributed by atoms with Crippen molar-refractivity contribution in [2.24, 2.45) is 0 Å². The lowest BCUT2D eigenvalue weighted by molar-refractivity contribution is -0.383. The number of amides is 1. The number of hydrogen-bond acceptors (Lipinski definition) is 6. The highest BCUT2D eigenvalue weighted by atomic mass is 79.9. The Morgan fingerprint density at radius 3 is 2.54 bits per heavy atom. The molecule has 1 amide bonds. The Bertz CT molecular complexity index is 1150. The van der Waals surface area contributed by atoms with E-state index in [0.717, 1.165) is 21.3 Å². The van der Waals surface area contributed by atoms with Gasteiger partial charge in [0.25, 0.3) is 17.2 Å². The zero-order chi connectivity index (χ0) is 20.4. The fourth-order valence-corrected chi connectivity index (χ4v) is 2.75. The van der Waals surface area contributed by atoms with E-state index >= 15 is 0 Å². The minimum absolute atomic E-state index is 0.120. The van der Waals surface area contributed by atoms with Gasteiger partial charge in [0.2, 0.25) is 0 Å². The van der Waals surface area contributed by atoms with Gasteiger partial charge in [0.05, 0.1) is 10.6 Å². The van der Waals surface area contributed by atoms with Crippen LogP contribution in [0.25, 0.3) is 5.69 Å². The van der Waals surface area contributed by atoms with E-state index in [1.54, 1.807) is 24.3 Å². The quantitative estimate of drug-likeness (QED) is 0.448. The van der Waals surface area contributed by atoms with Gasteiger partial charge in [-0.2, -0.15) is 9.78 Å². The molecule has 0 radical (unpaired) electrons. The fourth-order valence-electron chi connectivity index (χ4n) is 2.32. The number of rotatable bonds is 4. The number of aromatic hydroxyl groups is 1. The van der Waals surface area contributed by atoms with Gasteiger partial charge in [-0.25, -0.2) is 0 Å². The molecule has 1 aromatic heterocycles. The number of nitro groups is 1. The average Bonchev–Trinajstić information content (AvgIpc) is 2.64. The second kappa shape index (κ2) is 7.79. The molecule has 142 valence electrons. The molecule has 0 aliphatic heterocycles. The summed E-state index contributed by atoms with van der Waals surface area (Å²) in [5.74, 6) is -1.60. The molecule has 0 spiro atoms. The molecular formula is C17H10BrClN4O5. The normalized spacial score (nSPS) is 10.5. The molecule has 0 atom stereocenters. The number of nitrogens with one attached hydrogen (secondary N) is 1. The van der Waals surface area contributed by atoms with E-state index in [2.05, 4.69) is 26.3 Å². The second-order valence-electron chi connectivity index (χ2n) is 5.48. The molecule has 0 unspecified atom stereocenters. The minimum Gasteiger partial charge on any atom is -0.505 e. The van der Waals surface area contributed by atoms with Crippen molar-refractivity contribution in [1.29, 1.82) is 0 Å². The van der Waals surface area contributed by atoms with Gasteiger partial charge >= 0.3 is 0 Å². The van der Waals surface area contributed by atoms with E-state index in [9.17, 15) is 24.8 Å². The monoisotopic (exact) mass is 464 g/mol. The summed E-state index contributed by atoms with van der Waals surface area (Å²) in [7, 11) is 0. The number of benzene rings is 2. The third-order valence-electron chi connectivity index (χ3n) is 3.60. The Hall–Kier alpha value is -3.24. The first kappa shape index (κ1) is 19.5. The van der Waals surface area contributed by atoms with Crippen molar-refractivity contribution in [3.05, 3.63) is 84.2 Å².